The minimum Gasteiger partial charge on any atom is -0.469 e. The molecule has 1 rings (SSSR count). The van der Waals surface area contributed by atoms with Crippen molar-refractivity contribution in [3.8, 4) is 0 Å². The predicted molar refractivity (Wildman–Crippen MR) is 55.9 cm³/mol. The molecule has 0 radical (unpaired) electrons. The molecule has 0 heterocycles. The quantitative estimate of drug-likeness (QED) is 0.589. The number of benzene rings is 1. The Hall–Kier alpha value is -1.51. The van der Waals surface area contributed by atoms with Gasteiger partial charge in [0.15, 0.2) is 0 Å². The fraction of sp³-hybridized carbons (Fsp3) is 0.364. The first-order valence-corrected chi connectivity index (χ1v) is 4.55. The second-order valence-electron chi connectivity index (χ2n) is 3.35. The molecule has 2 N–H and O–H groups in total. The molecule has 0 unspecified atom stereocenters. The first-order valence-electron chi connectivity index (χ1n) is 4.55. The Morgan fingerprint density at radius 3 is 2.50 bits per heavy atom. The lowest BCUT2D eigenvalue weighted by atomic mass is 9.98. The van der Waals surface area contributed by atoms with Gasteiger partial charge >= 0.3 is 5.97 Å². The first-order chi connectivity index (χ1) is 6.63. The Kier molecular flexibility index (Phi) is 3.51. The Labute approximate surface area is 83.9 Å². The van der Waals surface area contributed by atoms with Crippen LogP contribution in [-0.4, -0.2) is 13.1 Å². The highest BCUT2D eigenvalue weighted by molar-refractivity contribution is 5.70. The average Bonchev–Trinajstić information content (AvgIpc) is 2.18. The van der Waals surface area contributed by atoms with Crippen LogP contribution in [0.2, 0.25) is 0 Å². The van der Waals surface area contributed by atoms with Gasteiger partial charge in [-0.2, -0.15) is 0 Å². The predicted octanol–water partition coefficient (Wildman–Crippen LogP) is 1.94. The van der Waals surface area contributed by atoms with E-state index in [1.54, 1.807) is 0 Å². The molecule has 0 amide bonds. The van der Waals surface area contributed by atoms with E-state index in [1.165, 1.54) is 7.11 Å². The zero-order valence-corrected chi connectivity index (χ0v) is 8.49. The maximum Gasteiger partial charge on any atom is 0.306 e. The standard InChI is InChI=1S/C11H15NO2/c1-8(7-11(13)14-2)9-3-5-10(12)6-4-9/h3-6,8H,7,12H2,1-2H3/t8-/m1/s1. The maximum absolute atomic E-state index is 11.0. The first kappa shape index (κ1) is 10.6. The molecular formula is C11H15NO2. The molecule has 76 valence electrons. The van der Waals surface area contributed by atoms with Crippen LogP contribution in [0.5, 0.6) is 0 Å². The molecule has 14 heavy (non-hydrogen) atoms. The van der Waals surface area contributed by atoms with Crippen molar-refractivity contribution in [3.05, 3.63) is 29.8 Å². The smallest absolute Gasteiger partial charge is 0.306 e. The summed E-state index contributed by atoms with van der Waals surface area (Å²) in [6.07, 6.45) is 0.403. The van der Waals surface area contributed by atoms with Crippen molar-refractivity contribution >= 4 is 11.7 Å². The highest BCUT2D eigenvalue weighted by atomic mass is 16.5. The monoisotopic (exact) mass is 193 g/mol. The largest absolute Gasteiger partial charge is 0.469 e. The lowest BCUT2D eigenvalue weighted by Gasteiger charge is -2.10. The lowest BCUT2D eigenvalue weighted by molar-refractivity contribution is -0.140. The Balaban J connectivity index is 2.65. The number of esters is 1. The number of carbonyl (C=O) groups excluding carboxylic acids is 1. The fourth-order valence-electron chi connectivity index (χ4n) is 1.28. The van der Waals surface area contributed by atoms with Gasteiger partial charge in [0.1, 0.15) is 0 Å². The Morgan fingerprint density at radius 1 is 1.43 bits per heavy atom. The van der Waals surface area contributed by atoms with E-state index in [9.17, 15) is 4.79 Å². The van der Waals surface area contributed by atoms with Gasteiger partial charge in [-0.1, -0.05) is 19.1 Å². The summed E-state index contributed by atoms with van der Waals surface area (Å²) in [6.45, 7) is 1.99. The van der Waals surface area contributed by atoms with Gasteiger partial charge in [0.2, 0.25) is 0 Å². The zero-order valence-electron chi connectivity index (χ0n) is 8.49. The molecular weight excluding hydrogens is 178 g/mol. The van der Waals surface area contributed by atoms with E-state index >= 15 is 0 Å². The van der Waals surface area contributed by atoms with E-state index in [2.05, 4.69) is 4.74 Å². The average molecular weight is 193 g/mol. The minimum absolute atomic E-state index is 0.169. The number of methoxy groups -OCH3 is 1. The van der Waals surface area contributed by atoms with Crippen LogP contribution < -0.4 is 5.73 Å². The molecule has 3 nitrogen and oxygen atoms in total. The fourth-order valence-corrected chi connectivity index (χ4v) is 1.28. The van der Waals surface area contributed by atoms with Gasteiger partial charge in [-0.25, -0.2) is 0 Å². The topological polar surface area (TPSA) is 52.3 Å². The molecule has 1 aromatic rings. The van der Waals surface area contributed by atoms with Crippen molar-refractivity contribution in [3.63, 3.8) is 0 Å². The molecule has 0 aromatic heterocycles. The van der Waals surface area contributed by atoms with E-state index in [1.807, 2.05) is 31.2 Å². The number of hydrogen-bond acceptors (Lipinski definition) is 3. The van der Waals surface area contributed by atoms with Crippen molar-refractivity contribution in [2.24, 2.45) is 0 Å². The van der Waals surface area contributed by atoms with Crippen molar-refractivity contribution < 1.29 is 9.53 Å². The van der Waals surface area contributed by atoms with Crippen LogP contribution in [0.4, 0.5) is 5.69 Å². The SMILES string of the molecule is COC(=O)C[C@@H](C)c1ccc(N)cc1. The molecule has 0 aliphatic rings. The van der Waals surface area contributed by atoms with Crippen molar-refractivity contribution in [2.45, 2.75) is 19.3 Å². The van der Waals surface area contributed by atoms with Crippen LogP contribution in [0.25, 0.3) is 0 Å². The molecule has 0 aliphatic carbocycles. The second-order valence-corrected chi connectivity index (χ2v) is 3.35. The molecule has 0 saturated heterocycles. The Morgan fingerprint density at radius 2 is 2.00 bits per heavy atom. The summed E-state index contributed by atoms with van der Waals surface area (Å²) in [4.78, 5) is 11.0. The number of nitrogens with two attached hydrogens (primary N) is 1. The number of nitrogen functional groups attached to an aromatic ring is 1. The molecule has 0 aliphatic heterocycles. The summed E-state index contributed by atoms with van der Waals surface area (Å²) in [6, 6.07) is 7.54. The minimum atomic E-state index is -0.186. The van der Waals surface area contributed by atoms with Crippen LogP contribution in [0.3, 0.4) is 0 Å². The van der Waals surface area contributed by atoms with Gasteiger partial charge in [-0.05, 0) is 23.6 Å². The van der Waals surface area contributed by atoms with E-state index < -0.39 is 0 Å². The molecule has 3 heteroatoms. The lowest BCUT2D eigenvalue weighted by Crippen LogP contribution is -2.05. The van der Waals surface area contributed by atoms with Gasteiger partial charge in [-0.15, -0.1) is 0 Å². The van der Waals surface area contributed by atoms with Gasteiger partial charge in [0.25, 0.3) is 0 Å². The highest BCUT2D eigenvalue weighted by Gasteiger charge is 2.10. The normalized spacial score (nSPS) is 12.1. The summed E-state index contributed by atoms with van der Waals surface area (Å²) >= 11 is 0. The molecule has 0 bridgehead atoms. The summed E-state index contributed by atoms with van der Waals surface area (Å²) in [5.41, 5.74) is 7.40. The number of anilines is 1. The third-order valence-corrected chi connectivity index (χ3v) is 2.21. The van der Waals surface area contributed by atoms with Crippen LogP contribution in [0, 0.1) is 0 Å². The van der Waals surface area contributed by atoms with Crippen molar-refractivity contribution in [1.29, 1.82) is 0 Å². The van der Waals surface area contributed by atoms with E-state index in [0.29, 0.717) is 6.42 Å². The van der Waals surface area contributed by atoms with Crippen molar-refractivity contribution in [2.75, 3.05) is 12.8 Å². The molecule has 0 spiro atoms. The summed E-state index contributed by atoms with van der Waals surface area (Å²) in [5.74, 6) is -0.0163. The van der Waals surface area contributed by atoms with Gasteiger partial charge in [0.05, 0.1) is 13.5 Å². The molecule has 1 aromatic carbocycles. The molecule has 0 saturated carbocycles. The second kappa shape index (κ2) is 4.65. The van der Waals surface area contributed by atoms with E-state index in [0.717, 1.165) is 11.3 Å². The van der Waals surface area contributed by atoms with Gasteiger partial charge in [-0.3, -0.25) is 4.79 Å². The molecule has 0 fully saturated rings. The summed E-state index contributed by atoms with van der Waals surface area (Å²) in [5, 5.41) is 0. The summed E-state index contributed by atoms with van der Waals surface area (Å²) in [7, 11) is 1.40. The zero-order chi connectivity index (χ0) is 10.6. The van der Waals surface area contributed by atoms with Gasteiger partial charge < -0.3 is 10.5 Å². The van der Waals surface area contributed by atoms with Crippen molar-refractivity contribution in [1.82, 2.24) is 0 Å². The van der Waals surface area contributed by atoms with Crippen LogP contribution >= 0.6 is 0 Å². The number of ether oxygens (including phenoxy) is 1. The number of hydrogen-bond donors (Lipinski definition) is 1. The maximum atomic E-state index is 11.0. The molecule has 1 atom stereocenters. The summed E-state index contributed by atoms with van der Waals surface area (Å²) < 4.78 is 4.60. The van der Waals surface area contributed by atoms with Crippen LogP contribution in [-0.2, 0) is 9.53 Å². The van der Waals surface area contributed by atoms with E-state index in [-0.39, 0.29) is 11.9 Å². The highest BCUT2D eigenvalue weighted by Crippen LogP contribution is 2.20. The van der Waals surface area contributed by atoms with E-state index in [4.69, 9.17) is 5.73 Å². The van der Waals surface area contributed by atoms with Crippen LogP contribution in [0.1, 0.15) is 24.8 Å². The Bertz CT molecular complexity index is 306. The number of carbonyl (C=O) groups is 1. The third-order valence-electron chi connectivity index (χ3n) is 2.21. The number of rotatable bonds is 3. The van der Waals surface area contributed by atoms with Gasteiger partial charge in [0, 0.05) is 5.69 Å². The van der Waals surface area contributed by atoms with Crippen LogP contribution in [0.15, 0.2) is 24.3 Å². The third kappa shape index (κ3) is 2.76.